The molecule has 0 radical (unpaired) electrons. The van der Waals surface area contributed by atoms with E-state index < -0.39 is 0 Å². The van der Waals surface area contributed by atoms with Crippen molar-refractivity contribution >= 4 is 0 Å². The highest BCUT2D eigenvalue weighted by Gasteiger charge is 2.25. The van der Waals surface area contributed by atoms with Crippen LogP contribution in [0, 0.1) is 0 Å². The Labute approximate surface area is 119 Å². The van der Waals surface area contributed by atoms with Crippen LogP contribution in [0.2, 0.25) is 0 Å². The molecule has 4 nitrogen and oxygen atoms in total. The smallest absolute Gasteiger partial charge is 0.118 e. The van der Waals surface area contributed by atoms with Crippen molar-refractivity contribution in [1.82, 2.24) is 14.9 Å². The number of nitrogens with one attached hydrogen (secondary N) is 1. The number of methoxy groups -OCH3 is 1. The van der Waals surface area contributed by atoms with Crippen LogP contribution >= 0.6 is 0 Å². The molecule has 20 heavy (non-hydrogen) atoms. The molecule has 0 bridgehead atoms. The largest absolute Gasteiger partial charge is 0.497 e. The van der Waals surface area contributed by atoms with E-state index in [1.807, 2.05) is 24.7 Å². The van der Waals surface area contributed by atoms with E-state index in [0.29, 0.717) is 12.1 Å². The van der Waals surface area contributed by atoms with Crippen molar-refractivity contribution in [3.05, 3.63) is 48.0 Å². The zero-order valence-corrected chi connectivity index (χ0v) is 12.0. The molecule has 3 rings (SSSR count). The number of imidazole rings is 1. The number of hydrogen-bond donors (Lipinski definition) is 1. The van der Waals surface area contributed by atoms with Crippen molar-refractivity contribution in [3.63, 3.8) is 0 Å². The molecular weight excluding hydrogens is 250 g/mol. The average Bonchev–Trinajstić information content (AvgIpc) is 3.23. The van der Waals surface area contributed by atoms with Gasteiger partial charge in [-0.05, 0) is 37.5 Å². The molecule has 106 valence electrons. The van der Waals surface area contributed by atoms with Crippen LogP contribution in [0.4, 0.5) is 0 Å². The quantitative estimate of drug-likeness (QED) is 0.877. The first-order chi connectivity index (χ1) is 9.78. The van der Waals surface area contributed by atoms with Gasteiger partial charge < -0.3 is 14.6 Å². The van der Waals surface area contributed by atoms with Crippen molar-refractivity contribution in [1.29, 1.82) is 0 Å². The van der Waals surface area contributed by atoms with Crippen LogP contribution < -0.4 is 10.1 Å². The van der Waals surface area contributed by atoms with Gasteiger partial charge in [0.05, 0.1) is 19.1 Å². The normalized spacial score (nSPS) is 16.1. The second kappa shape index (κ2) is 5.67. The number of rotatable bonds is 6. The van der Waals surface area contributed by atoms with Gasteiger partial charge in [0.25, 0.3) is 0 Å². The lowest BCUT2D eigenvalue weighted by molar-refractivity contribution is 0.414. The predicted molar refractivity (Wildman–Crippen MR) is 78.7 cm³/mol. The predicted octanol–water partition coefficient (Wildman–Crippen LogP) is 3.08. The van der Waals surface area contributed by atoms with E-state index in [4.69, 9.17) is 4.74 Å². The molecule has 1 atom stereocenters. The molecule has 1 aliphatic carbocycles. The summed E-state index contributed by atoms with van der Waals surface area (Å²) in [4.78, 5) is 4.26. The highest BCUT2D eigenvalue weighted by atomic mass is 16.5. The van der Waals surface area contributed by atoms with Gasteiger partial charge in [-0.2, -0.15) is 0 Å². The topological polar surface area (TPSA) is 39.1 Å². The Hall–Kier alpha value is -1.81. The molecule has 1 heterocycles. The van der Waals surface area contributed by atoms with Crippen LogP contribution in [0.15, 0.2) is 36.8 Å². The number of nitrogens with zero attached hydrogens (tertiary/aromatic N) is 2. The Bertz CT molecular complexity index is 557. The summed E-state index contributed by atoms with van der Waals surface area (Å²) in [5.74, 6) is 0.896. The van der Waals surface area contributed by atoms with Crippen LogP contribution in [0.5, 0.6) is 5.75 Å². The fourth-order valence-corrected chi connectivity index (χ4v) is 2.42. The lowest BCUT2D eigenvalue weighted by Crippen LogP contribution is -2.19. The zero-order chi connectivity index (χ0) is 13.9. The highest BCUT2D eigenvalue weighted by molar-refractivity contribution is 5.28. The molecule has 1 aromatic carbocycles. The molecule has 1 saturated carbocycles. The molecule has 0 aliphatic heterocycles. The van der Waals surface area contributed by atoms with Crippen molar-refractivity contribution in [2.24, 2.45) is 0 Å². The van der Waals surface area contributed by atoms with Crippen LogP contribution in [-0.2, 0) is 6.54 Å². The molecule has 1 fully saturated rings. The van der Waals surface area contributed by atoms with E-state index >= 15 is 0 Å². The Kier molecular flexibility index (Phi) is 3.74. The number of ether oxygens (including phenoxy) is 1. The maximum atomic E-state index is 5.18. The van der Waals surface area contributed by atoms with E-state index in [1.165, 1.54) is 24.1 Å². The first-order valence-electron chi connectivity index (χ1n) is 7.16. The fourth-order valence-electron chi connectivity index (χ4n) is 2.42. The summed E-state index contributed by atoms with van der Waals surface area (Å²) in [5, 5.41) is 3.56. The van der Waals surface area contributed by atoms with Gasteiger partial charge in [-0.25, -0.2) is 4.98 Å². The molecule has 1 unspecified atom stereocenters. The Morgan fingerprint density at radius 1 is 1.35 bits per heavy atom. The van der Waals surface area contributed by atoms with Crippen molar-refractivity contribution < 1.29 is 4.74 Å². The highest BCUT2D eigenvalue weighted by Crippen LogP contribution is 2.35. The van der Waals surface area contributed by atoms with Gasteiger partial charge in [0.15, 0.2) is 0 Å². The average molecular weight is 271 g/mol. The van der Waals surface area contributed by atoms with E-state index in [0.717, 1.165) is 12.3 Å². The number of hydrogen-bond acceptors (Lipinski definition) is 3. The molecule has 0 spiro atoms. The second-order valence-electron chi connectivity index (χ2n) is 5.40. The molecule has 1 aromatic heterocycles. The van der Waals surface area contributed by atoms with Gasteiger partial charge in [-0.1, -0.05) is 12.1 Å². The van der Waals surface area contributed by atoms with Gasteiger partial charge in [0.1, 0.15) is 5.75 Å². The molecule has 0 saturated heterocycles. The van der Waals surface area contributed by atoms with Gasteiger partial charge in [0.2, 0.25) is 0 Å². The summed E-state index contributed by atoms with van der Waals surface area (Å²) < 4.78 is 7.48. The van der Waals surface area contributed by atoms with Crippen LogP contribution in [0.3, 0.4) is 0 Å². The number of benzene rings is 1. The van der Waals surface area contributed by atoms with Crippen molar-refractivity contribution in [2.45, 2.75) is 38.4 Å². The lowest BCUT2D eigenvalue weighted by Gasteiger charge is -2.15. The molecule has 0 amide bonds. The van der Waals surface area contributed by atoms with Gasteiger partial charge >= 0.3 is 0 Å². The summed E-state index contributed by atoms with van der Waals surface area (Å²) in [6.45, 7) is 3.03. The first-order valence-corrected chi connectivity index (χ1v) is 7.16. The van der Waals surface area contributed by atoms with Crippen molar-refractivity contribution in [2.75, 3.05) is 7.11 Å². The van der Waals surface area contributed by atoms with Gasteiger partial charge in [0, 0.05) is 24.8 Å². The Balaban J connectivity index is 1.60. The maximum absolute atomic E-state index is 5.18. The Morgan fingerprint density at radius 2 is 2.10 bits per heavy atom. The molecule has 2 aromatic rings. The van der Waals surface area contributed by atoms with Gasteiger partial charge in [-0.15, -0.1) is 0 Å². The monoisotopic (exact) mass is 271 g/mol. The SMILES string of the molecule is COc1ccc(C(C)NCc2cncn2C2CC2)cc1. The number of aromatic nitrogens is 2. The second-order valence-corrected chi connectivity index (χ2v) is 5.40. The molecular formula is C16H21N3O. The fraction of sp³-hybridized carbons (Fsp3) is 0.438. The van der Waals surface area contributed by atoms with E-state index in [-0.39, 0.29) is 0 Å². The van der Waals surface area contributed by atoms with Gasteiger partial charge in [-0.3, -0.25) is 0 Å². The van der Waals surface area contributed by atoms with E-state index in [9.17, 15) is 0 Å². The van der Waals surface area contributed by atoms with Crippen molar-refractivity contribution in [3.8, 4) is 5.75 Å². The third-order valence-electron chi connectivity index (χ3n) is 3.89. The summed E-state index contributed by atoms with van der Waals surface area (Å²) in [6, 6.07) is 9.21. The summed E-state index contributed by atoms with van der Waals surface area (Å²) >= 11 is 0. The Morgan fingerprint density at radius 3 is 2.75 bits per heavy atom. The maximum Gasteiger partial charge on any atom is 0.118 e. The minimum atomic E-state index is 0.309. The third kappa shape index (κ3) is 2.85. The minimum Gasteiger partial charge on any atom is -0.497 e. The molecule has 4 heteroatoms. The summed E-state index contributed by atoms with van der Waals surface area (Å²) in [5.41, 5.74) is 2.54. The zero-order valence-electron chi connectivity index (χ0n) is 12.0. The van der Waals surface area contributed by atoms with Crippen LogP contribution in [-0.4, -0.2) is 16.7 Å². The van der Waals surface area contributed by atoms with E-state index in [2.05, 4.69) is 33.9 Å². The lowest BCUT2D eigenvalue weighted by atomic mass is 10.1. The van der Waals surface area contributed by atoms with Crippen LogP contribution in [0.25, 0.3) is 0 Å². The standard InChI is InChI=1S/C16H21N3O/c1-12(13-3-7-16(20-2)8-4-13)18-10-15-9-17-11-19(15)14-5-6-14/h3-4,7-9,11-12,14,18H,5-6,10H2,1-2H3. The first kappa shape index (κ1) is 13.2. The summed E-state index contributed by atoms with van der Waals surface area (Å²) in [6.07, 6.45) is 6.49. The van der Waals surface area contributed by atoms with E-state index in [1.54, 1.807) is 7.11 Å². The summed E-state index contributed by atoms with van der Waals surface area (Å²) in [7, 11) is 1.69. The third-order valence-corrected chi connectivity index (χ3v) is 3.89. The molecule has 1 aliphatic rings. The molecule has 1 N–H and O–H groups in total. The van der Waals surface area contributed by atoms with Crippen LogP contribution in [0.1, 0.15) is 43.1 Å². The minimum absolute atomic E-state index is 0.309.